The molecule has 0 aliphatic rings. The van der Waals surface area contributed by atoms with Crippen molar-refractivity contribution < 1.29 is 22.8 Å². The van der Waals surface area contributed by atoms with Crippen molar-refractivity contribution in [2.24, 2.45) is 0 Å². The van der Waals surface area contributed by atoms with Crippen LogP contribution in [0.15, 0.2) is 54.6 Å². The Kier molecular flexibility index (Phi) is 4.87. The highest BCUT2D eigenvalue weighted by atomic mass is 32.2. The van der Waals surface area contributed by atoms with Crippen LogP contribution in [0.1, 0.15) is 26.3 Å². The van der Waals surface area contributed by atoms with Gasteiger partial charge in [-0.05, 0) is 36.4 Å². The number of amides is 1. The molecule has 7 heteroatoms. The standard InChI is InChI=1S/C15H10F3NO2S/c16-15(17,18)12-8-6-11(7-9-12)14(21)22-19-13(20)10-4-2-1-3-5-10/h1-9H,(H,19,20). The minimum absolute atomic E-state index is 0.0753. The van der Waals surface area contributed by atoms with Crippen molar-refractivity contribution >= 4 is 23.0 Å². The molecule has 0 aromatic heterocycles. The normalized spacial score (nSPS) is 11.0. The number of rotatable bonds is 2. The summed E-state index contributed by atoms with van der Waals surface area (Å²) in [6, 6.07) is 12.1. The first kappa shape index (κ1) is 16.1. The van der Waals surface area contributed by atoms with Gasteiger partial charge in [0.1, 0.15) is 0 Å². The maximum Gasteiger partial charge on any atom is 0.416 e. The highest BCUT2D eigenvalue weighted by Crippen LogP contribution is 2.29. The Labute approximate surface area is 128 Å². The van der Waals surface area contributed by atoms with E-state index in [1.807, 2.05) is 0 Å². The molecule has 0 heterocycles. The van der Waals surface area contributed by atoms with Gasteiger partial charge < -0.3 is 0 Å². The molecule has 3 nitrogen and oxygen atoms in total. The highest BCUT2D eigenvalue weighted by Gasteiger charge is 2.30. The maximum atomic E-state index is 12.4. The number of hydrogen-bond acceptors (Lipinski definition) is 3. The molecule has 0 bridgehead atoms. The lowest BCUT2D eigenvalue weighted by atomic mass is 10.1. The van der Waals surface area contributed by atoms with Gasteiger partial charge in [-0.25, -0.2) is 0 Å². The minimum atomic E-state index is -4.45. The third-order valence-corrected chi connectivity index (χ3v) is 3.43. The van der Waals surface area contributed by atoms with E-state index in [0.29, 0.717) is 17.5 Å². The number of carbonyl (C=O) groups is 2. The molecule has 0 aliphatic heterocycles. The highest BCUT2D eigenvalue weighted by molar-refractivity contribution is 8.12. The summed E-state index contributed by atoms with van der Waals surface area (Å²) in [5.41, 5.74) is -0.371. The first-order valence-corrected chi connectivity index (χ1v) is 6.93. The lowest BCUT2D eigenvalue weighted by molar-refractivity contribution is -0.137. The van der Waals surface area contributed by atoms with Crippen LogP contribution in [0.2, 0.25) is 0 Å². The van der Waals surface area contributed by atoms with Crippen LogP contribution in [-0.2, 0) is 6.18 Å². The average molecular weight is 325 g/mol. The van der Waals surface area contributed by atoms with E-state index in [2.05, 4.69) is 4.72 Å². The zero-order chi connectivity index (χ0) is 16.2. The summed E-state index contributed by atoms with van der Waals surface area (Å²) in [7, 11) is 0. The minimum Gasteiger partial charge on any atom is -0.289 e. The topological polar surface area (TPSA) is 46.2 Å². The quantitative estimate of drug-likeness (QED) is 0.851. The van der Waals surface area contributed by atoms with E-state index in [1.165, 1.54) is 0 Å². The van der Waals surface area contributed by atoms with Crippen molar-refractivity contribution in [3.63, 3.8) is 0 Å². The Morgan fingerprint density at radius 2 is 1.45 bits per heavy atom. The molecule has 0 saturated heterocycles. The monoisotopic (exact) mass is 325 g/mol. The largest absolute Gasteiger partial charge is 0.416 e. The zero-order valence-corrected chi connectivity index (χ0v) is 11.9. The van der Waals surface area contributed by atoms with E-state index in [1.54, 1.807) is 30.3 Å². The van der Waals surface area contributed by atoms with Crippen molar-refractivity contribution in [2.75, 3.05) is 0 Å². The molecule has 22 heavy (non-hydrogen) atoms. The molecule has 0 spiro atoms. The van der Waals surface area contributed by atoms with Crippen molar-refractivity contribution in [1.82, 2.24) is 4.72 Å². The van der Waals surface area contributed by atoms with Gasteiger partial charge in [0, 0.05) is 23.1 Å². The van der Waals surface area contributed by atoms with E-state index in [0.717, 1.165) is 24.3 Å². The summed E-state index contributed by atoms with van der Waals surface area (Å²) in [4.78, 5) is 23.5. The fourth-order valence-electron chi connectivity index (χ4n) is 1.60. The van der Waals surface area contributed by atoms with E-state index < -0.39 is 22.8 Å². The zero-order valence-electron chi connectivity index (χ0n) is 11.1. The Bertz CT molecular complexity index is 669. The second-order valence-electron chi connectivity index (χ2n) is 4.26. The molecule has 114 valence electrons. The van der Waals surface area contributed by atoms with Gasteiger partial charge in [0.05, 0.1) is 5.56 Å². The van der Waals surface area contributed by atoms with E-state index in [-0.39, 0.29) is 5.56 Å². The lowest BCUT2D eigenvalue weighted by Gasteiger charge is -2.07. The number of carbonyl (C=O) groups excluding carboxylic acids is 2. The number of nitrogens with one attached hydrogen (secondary N) is 1. The van der Waals surface area contributed by atoms with Crippen LogP contribution >= 0.6 is 11.9 Å². The van der Waals surface area contributed by atoms with Gasteiger partial charge in [-0.2, -0.15) is 13.2 Å². The van der Waals surface area contributed by atoms with Crippen LogP contribution in [0.3, 0.4) is 0 Å². The Morgan fingerprint density at radius 3 is 2.00 bits per heavy atom. The Hall–Kier alpha value is -2.28. The van der Waals surface area contributed by atoms with E-state index in [9.17, 15) is 22.8 Å². The van der Waals surface area contributed by atoms with Gasteiger partial charge in [-0.3, -0.25) is 14.3 Å². The predicted molar refractivity (Wildman–Crippen MR) is 77.3 cm³/mol. The molecule has 2 aromatic carbocycles. The molecule has 0 saturated carbocycles. The second kappa shape index (κ2) is 6.65. The number of halogens is 3. The van der Waals surface area contributed by atoms with Gasteiger partial charge in [0.25, 0.3) is 5.91 Å². The molecular formula is C15H10F3NO2S. The Morgan fingerprint density at radius 1 is 0.864 bits per heavy atom. The molecule has 2 rings (SSSR count). The van der Waals surface area contributed by atoms with Crippen LogP contribution in [0, 0.1) is 0 Å². The Balaban J connectivity index is 1.97. The summed E-state index contributed by atoms with van der Waals surface area (Å²) < 4.78 is 39.6. The number of alkyl halides is 3. The molecule has 0 radical (unpaired) electrons. The van der Waals surface area contributed by atoms with Gasteiger partial charge in [-0.1, -0.05) is 18.2 Å². The van der Waals surface area contributed by atoms with Gasteiger partial charge in [-0.15, -0.1) is 0 Å². The molecule has 1 N–H and O–H groups in total. The molecular weight excluding hydrogens is 315 g/mol. The van der Waals surface area contributed by atoms with E-state index >= 15 is 0 Å². The number of hydrogen-bond donors (Lipinski definition) is 1. The third kappa shape index (κ3) is 4.11. The van der Waals surface area contributed by atoms with Crippen molar-refractivity contribution in [1.29, 1.82) is 0 Å². The van der Waals surface area contributed by atoms with Crippen LogP contribution in [0.5, 0.6) is 0 Å². The lowest BCUT2D eigenvalue weighted by Crippen LogP contribution is -2.18. The summed E-state index contributed by atoms with van der Waals surface area (Å²) >= 11 is 0.526. The smallest absolute Gasteiger partial charge is 0.289 e. The van der Waals surface area contributed by atoms with Crippen LogP contribution < -0.4 is 4.72 Å². The SMILES string of the molecule is O=C(NSC(=O)c1ccc(C(F)(F)F)cc1)c1ccccc1. The average Bonchev–Trinajstić information content (AvgIpc) is 2.52. The fraction of sp³-hybridized carbons (Fsp3) is 0.0667. The van der Waals surface area contributed by atoms with Gasteiger partial charge in [0.2, 0.25) is 5.12 Å². The number of benzene rings is 2. The van der Waals surface area contributed by atoms with Crippen LogP contribution in [-0.4, -0.2) is 11.0 Å². The maximum absolute atomic E-state index is 12.4. The van der Waals surface area contributed by atoms with E-state index in [4.69, 9.17) is 0 Å². The molecule has 1 amide bonds. The summed E-state index contributed by atoms with van der Waals surface area (Å²) in [6.45, 7) is 0. The molecule has 0 unspecified atom stereocenters. The van der Waals surface area contributed by atoms with Crippen molar-refractivity contribution in [3.8, 4) is 0 Å². The van der Waals surface area contributed by atoms with Crippen molar-refractivity contribution in [3.05, 3.63) is 71.3 Å². The molecule has 0 fully saturated rings. The second-order valence-corrected chi connectivity index (χ2v) is 5.04. The fourth-order valence-corrected chi connectivity index (χ4v) is 2.15. The summed E-state index contributed by atoms with van der Waals surface area (Å²) in [5, 5.41) is -0.544. The summed E-state index contributed by atoms with van der Waals surface area (Å²) in [5.74, 6) is -0.453. The first-order valence-electron chi connectivity index (χ1n) is 6.12. The first-order chi connectivity index (χ1) is 10.4. The third-order valence-electron chi connectivity index (χ3n) is 2.72. The molecule has 2 aromatic rings. The van der Waals surface area contributed by atoms with Crippen molar-refractivity contribution in [2.45, 2.75) is 6.18 Å². The predicted octanol–water partition coefficient (Wildman–Crippen LogP) is 3.92. The van der Waals surface area contributed by atoms with Crippen LogP contribution in [0.25, 0.3) is 0 Å². The van der Waals surface area contributed by atoms with Crippen LogP contribution in [0.4, 0.5) is 13.2 Å². The summed E-state index contributed by atoms with van der Waals surface area (Å²) in [6.07, 6.45) is -4.45. The van der Waals surface area contributed by atoms with Gasteiger partial charge in [0.15, 0.2) is 0 Å². The van der Waals surface area contributed by atoms with Gasteiger partial charge >= 0.3 is 6.18 Å². The molecule has 0 atom stereocenters. The molecule has 0 aliphatic carbocycles.